The van der Waals surface area contributed by atoms with Crippen molar-refractivity contribution in [2.75, 3.05) is 5.32 Å². The van der Waals surface area contributed by atoms with E-state index in [0.29, 0.717) is 12.2 Å². The standard InChI is InChI=1S/C16H17FN2O/c1-11-6-14(17)9-15(7-11)19-16(20)8-12-4-2-3-5-13(12)10-18/h2-7,9H,8,10,18H2,1H3,(H,19,20). The van der Waals surface area contributed by atoms with Crippen molar-refractivity contribution in [1.82, 2.24) is 0 Å². The first-order valence-corrected chi connectivity index (χ1v) is 6.42. The van der Waals surface area contributed by atoms with Crippen LogP contribution in [0.25, 0.3) is 0 Å². The molecule has 104 valence electrons. The summed E-state index contributed by atoms with van der Waals surface area (Å²) in [7, 11) is 0. The maximum Gasteiger partial charge on any atom is 0.228 e. The summed E-state index contributed by atoms with van der Waals surface area (Å²) >= 11 is 0. The largest absolute Gasteiger partial charge is 0.326 e. The molecule has 2 aromatic rings. The SMILES string of the molecule is Cc1cc(F)cc(NC(=O)Cc2ccccc2CN)c1. The third-order valence-corrected chi connectivity index (χ3v) is 3.02. The van der Waals surface area contributed by atoms with E-state index in [0.717, 1.165) is 16.7 Å². The Morgan fingerprint density at radius 2 is 1.90 bits per heavy atom. The molecular weight excluding hydrogens is 255 g/mol. The Balaban J connectivity index is 2.09. The van der Waals surface area contributed by atoms with Gasteiger partial charge in [-0.3, -0.25) is 4.79 Å². The number of aryl methyl sites for hydroxylation is 1. The van der Waals surface area contributed by atoms with Crippen LogP contribution in [-0.4, -0.2) is 5.91 Å². The van der Waals surface area contributed by atoms with E-state index in [9.17, 15) is 9.18 Å². The van der Waals surface area contributed by atoms with Gasteiger partial charge in [0.25, 0.3) is 0 Å². The number of amides is 1. The van der Waals surface area contributed by atoms with Gasteiger partial charge in [0.15, 0.2) is 0 Å². The maximum absolute atomic E-state index is 13.3. The van der Waals surface area contributed by atoms with Crippen molar-refractivity contribution >= 4 is 11.6 Å². The van der Waals surface area contributed by atoms with Gasteiger partial charge in [-0.2, -0.15) is 0 Å². The van der Waals surface area contributed by atoms with Crippen molar-refractivity contribution in [3.8, 4) is 0 Å². The zero-order valence-corrected chi connectivity index (χ0v) is 11.3. The maximum atomic E-state index is 13.3. The lowest BCUT2D eigenvalue weighted by Crippen LogP contribution is -2.16. The van der Waals surface area contributed by atoms with Crippen LogP contribution < -0.4 is 11.1 Å². The molecule has 0 saturated heterocycles. The van der Waals surface area contributed by atoms with Crippen LogP contribution >= 0.6 is 0 Å². The average Bonchev–Trinajstić information content (AvgIpc) is 2.37. The number of carbonyl (C=O) groups excluding carboxylic acids is 1. The van der Waals surface area contributed by atoms with E-state index in [2.05, 4.69) is 5.32 Å². The van der Waals surface area contributed by atoms with Crippen LogP contribution in [-0.2, 0) is 17.8 Å². The van der Waals surface area contributed by atoms with E-state index in [1.165, 1.54) is 12.1 Å². The Kier molecular flexibility index (Phi) is 4.48. The number of anilines is 1. The van der Waals surface area contributed by atoms with E-state index in [4.69, 9.17) is 5.73 Å². The summed E-state index contributed by atoms with van der Waals surface area (Å²) in [6.07, 6.45) is 0.225. The molecule has 4 heteroatoms. The molecule has 0 spiro atoms. The number of halogens is 1. The average molecular weight is 272 g/mol. The molecule has 0 atom stereocenters. The summed E-state index contributed by atoms with van der Waals surface area (Å²) in [5.74, 6) is -0.543. The number of carbonyl (C=O) groups is 1. The summed E-state index contributed by atoms with van der Waals surface area (Å²) in [5, 5.41) is 2.70. The third kappa shape index (κ3) is 3.65. The van der Waals surface area contributed by atoms with Crippen molar-refractivity contribution in [1.29, 1.82) is 0 Å². The van der Waals surface area contributed by atoms with Gasteiger partial charge in [0.2, 0.25) is 5.91 Å². The van der Waals surface area contributed by atoms with E-state index in [1.54, 1.807) is 13.0 Å². The summed E-state index contributed by atoms with van der Waals surface area (Å²) in [6, 6.07) is 12.0. The topological polar surface area (TPSA) is 55.1 Å². The molecule has 0 unspecified atom stereocenters. The van der Waals surface area contributed by atoms with E-state index < -0.39 is 0 Å². The molecule has 20 heavy (non-hydrogen) atoms. The lowest BCUT2D eigenvalue weighted by atomic mass is 10.0. The highest BCUT2D eigenvalue weighted by atomic mass is 19.1. The second-order valence-electron chi connectivity index (χ2n) is 4.72. The van der Waals surface area contributed by atoms with Gasteiger partial charge in [0, 0.05) is 12.2 Å². The summed E-state index contributed by atoms with van der Waals surface area (Å²) in [6.45, 7) is 2.17. The zero-order chi connectivity index (χ0) is 14.5. The Labute approximate surface area is 117 Å². The fraction of sp³-hybridized carbons (Fsp3) is 0.188. The highest BCUT2D eigenvalue weighted by Crippen LogP contribution is 2.15. The van der Waals surface area contributed by atoms with Gasteiger partial charge in [0.1, 0.15) is 5.82 Å². The zero-order valence-electron chi connectivity index (χ0n) is 11.3. The van der Waals surface area contributed by atoms with Gasteiger partial charge in [-0.15, -0.1) is 0 Å². The van der Waals surface area contributed by atoms with Gasteiger partial charge < -0.3 is 11.1 Å². The predicted molar refractivity (Wildman–Crippen MR) is 77.8 cm³/mol. The minimum absolute atomic E-state index is 0.184. The van der Waals surface area contributed by atoms with E-state index >= 15 is 0 Å². The molecular formula is C16H17FN2O. The van der Waals surface area contributed by atoms with Crippen LogP contribution in [0.15, 0.2) is 42.5 Å². The Bertz CT molecular complexity index is 605. The summed E-state index contributed by atoms with van der Waals surface area (Å²) < 4.78 is 13.3. The number of benzene rings is 2. The van der Waals surface area contributed by atoms with E-state index in [-0.39, 0.29) is 18.1 Å². The quantitative estimate of drug-likeness (QED) is 0.899. The van der Waals surface area contributed by atoms with Crippen LogP contribution in [0.2, 0.25) is 0 Å². The van der Waals surface area contributed by atoms with Crippen molar-refractivity contribution in [3.05, 3.63) is 65.0 Å². The molecule has 0 aliphatic heterocycles. The number of rotatable bonds is 4. The molecule has 0 aliphatic carbocycles. The first-order chi connectivity index (χ1) is 9.58. The number of nitrogens with one attached hydrogen (secondary N) is 1. The van der Waals surface area contributed by atoms with Crippen molar-refractivity contribution in [3.63, 3.8) is 0 Å². The van der Waals surface area contributed by atoms with Crippen LogP contribution in [0.3, 0.4) is 0 Å². The summed E-state index contributed by atoms with van der Waals surface area (Å²) in [4.78, 5) is 12.0. The molecule has 0 bridgehead atoms. The highest BCUT2D eigenvalue weighted by molar-refractivity contribution is 5.92. The molecule has 2 aromatic carbocycles. The fourth-order valence-corrected chi connectivity index (χ4v) is 2.12. The molecule has 0 radical (unpaired) electrons. The van der Waals surface area contributed by atoms with Gasteiger partial charge >= 0.3 is 0 Å². The van der Waals surface area contributed by atoms with Crippen LogP contribution in [0.1, 0.15) is 16.7 Å². The summed E-state index contributed by atoms with van der Waals surface area (Å²) in [5.41, 5.74) is 8.71. The Morgan fingerprint density at radius 3 is 2.55 bits per heavy atom. The molecule has 0 heterocycles. The molecule has 0 saturated carbocycles. The Morgan fingerprint density at radius 1 is 1.20 bits per heavy atom. The monoisotopic (exact) mass is 272 g/mol. The first kappa shape index (κ1) is 14.2. The number of hydrogen-bond acceptors (Lipinski definition) is 2. The smallest absolute Gasteiger partial charge is 0.228 e. The number of hydrogen-bond donors (Lipinski definition) is 2. The first-order valence-electron chi connectivity index (χ1n) is 6.42. The molecule has 0 aromatic heterocycles. The van der Waals surface area contributed by atoms with Gasteiger partial charge in [-0.1, -0.05) is 24.3 Å². The van der Waals surface area contributed by atoms with Crippen LogP contribution in [0.4, 0.5) is 10.1 Å². The lowest BCUT2D eigenvalue weighted by molar-refractivity contribution is -0.115. The minimum atomic E-state index is -0.359. The normalized spacial score (nSPS) is 10.3. The molecule has 1 amide bonds. The van der Waals surface area contributed by atoms with Gasteiger partial charge in [-0.05, 0) is 41.8 Å². The molecule has 3 nitrogen and oxygen atoms in total. The van der Waals surface area contributed by atoms with E-state index in [1.807, 2.05) is 24.3 Å². The second kappa shape index (κ2) is 6.30. The second-order valence-corrected chi connectivity index (χ2v) is 4.72. The lowest BCUT2D eigenvalue weighted by Gasteiger charge is -2.09. The van der Waals surface area contributed by atoms with Crippen LogP contribution in [0.5, 0.6) is 0 Å². The highest BCUT2D eigenvalue weighted by Gasteiger charge is 2.08. The number of nitrogens with two attached hydrogens (primary N) is 1. The van der Waals surface area contributed by atoms with Crippen molar-refractivity contribution < 1.29 is 9.18 Å². The molecule has 2 rings (SSSR count). The predicted octanol–water partition coefficient (Wildman–Crippen LogP) is 2.77. The van der Waals surface area contributed by atoms with Crippen molar-refractivity contribution in [2.45, 2.75) is 19.9 Å². The molecule has 0 fully saturated rings. The molecule has 0 aliphatic rings. The minimum Gasteiger partial charge on any atom is -0.326 e. The van der Waals surface area contributed by atoms with Gasteiger partial charge in [-0.25, -0.2) is 4.39 Å². The van der Waals surface area contributed by atoms with Crippen molar-refractivity contribution in [2.24, 2.45) is 5.73 Å². The fourth-order valence-electron chi connectivity index (χ4n) is 2.12. The Hall–Kier alpha value is -2.20. The third-order valence-electron chi connectivity index (χ3n) is 3.02. The van der Waals surface area contributed by atoms with Crippen LogP contribution in [0, 0.1) is 12.7 Å². The molecule has 3 N–H and O–H groups in total. The van der Waals surface area contributed by atoms with Gasteiger partial charge in [0.05, 0.1) is 6.42 Å².